The first-order valence-corrected chi connectivity index (χ1v) is 6.20. The Bertz CT molecular complexity index is 671. The Morgan fingerprint density at radius 1 is 1.22 bits per heavy atom. The first-order chi connectivity index (χ1) is 8.65. The third kappa shape index (κ3) is 2.45. The maximum absolute atomic E-state index is 4.10. The number of benzene rings is 1. The highest BCUT2D eigenvalue weighted by Crippen LogP contribution is 2.07. The summed E-state index contributed by atoms with van der Waals surface area (Å²) in [5.41, 5.74) is 2.09. The van der Waals surface area contributed by atoms with Crippen LogP contribution < -0.4 is 10.6 Å². The van der Waals surface area contributed by atoms with E-state index in [0.717, 1.165) is 16.1 Å². The van der Waals surface area contributed by atoms with Crippen molar-refractivity contribution in [2.45, 2.75) is 13.8 Å². The molecule has 1 aromatic carbocycles. The standard InChI is InChI=1S/C15H15N.C2H6/c1-5-11(2)10-14-12(3)16(4)15-9-7-6-8-13(14)15;1-2/h5-10H,1-3H2,4H3;1-2H3/b14-10+;. The van der Waals surface area contributed by atoms with Gasteiger partial charge >= 0.3 is 0 Å². The van der Waals surface area contributed by atoms with Crippen LogP contribution in [0.3, 0.4) is 0 Å². The zero-order chi connectivity index (χ0) is 13.7. The van der Waals surface area contributed by atoms with Crippen molar-refractivity contribution in [2.24, 2.45) is 7.05 Å². The molecule has 1 aromatic heterocycles. The molecule has 0 spiro atoms. The third-order valence-corrected chi connectivity index (χ3v) is 2.86. The van der Waals surface area contributed by atoms with Crippen molar-refractivity contribution >= 4 is 23.6 Å². The van der Waals surface area contributed by atoms with Gasteiger partial charge in [0, 0.05) is 28.5 Å². The highest BCUT2D eigenvalue weighted by molar-refractivity contribution is 5.82. The summed E-state index contributed by atoms with van der Waals surface area (Å²) in [4.78, 5) is 0. The molecule has 1 heterocycles. The van der Waals surface area contributed by atoms with Gasteiger partial charge in [-0.25, -0.2) is 0 Å². The average molecular weight is 239 g/mol. The monoisotopic (exact) mass is 239 g/mol. The van der Waals surface area contributed by atoms with E-state index in [1.165, 1.54) is 10.9 Å². The van der Waals surface area contributed by atoms with Crippen molar-refractivity contribution in [1.82, 2.24) is 4.57 Å². The molecule has 2 aromatic rings. The fraction of sp³-hybridized carbons (Fsp3) is 0.176. The predicted molar refractivity (Wildman–Crippen MR) is 82.8 cm³/mol. The summed E-state index contributed by atoms with van der Waals surface area (Å²) in [7, 11) is 2.03. The van der Waals surface area contributed by atoms with Crippen LogP contribution in [0.5, 0.6) is 0 Å². The van der Waals surface area contributed by atoms with Crippen LogP contribution in [0, 0.1) is 0 Å². The van der Waals surface area contributed by atoms with Gasteiger partial charge < -0.3 is 4.57 Å². The summed E-state index contributed by atoms with van der Waals surface area (Å²) in [6, 6.07) is 8.27. The second-order valence-corrected chi connectivity index (χ2v) is 3.86. The van der Waals surface area contributed by atoms with E-state index in [0.29, 0.717) is 0 Å². The molecular weight excluding hydrogens is 218 g/mol. The zero-order valence-corrected chi connectivity index (χ0v) is 11.5. The van der Waals surface area contributed by atoms with Crippen molar-refractivity contribution in [3.63, 3.8) is 0 Å². The van der Waals surface area contributed by atoms with Gasteiger partial charge in [-0.2, -0.15) is 0 Å². The van der Waals surface area contributed by atoms with E-state index in [9.17, 15) is 0 Å². The number of aromatic nitrogens is 1. The number of hydrogen-bond donors (Lipinski definition) is 0. The topological polar surface area (TPSA) is 4.93 Å². The van der Waals surface area contributed by atoms with Gasteiger partial charge in [0.15, 0.2) is 0 Å². The first-order valence-electron chi connectivity index (χ1n) is 6.20. The molecule has 0 unspecified atom stereocenters. The Morgan fingerprint density at radius 3 is 2.44 bits per heavy atom. The van der Waals surface area contributed by atoms with E-state index >= 15 is 0 Å². The molecular formula is C17H21N. The number of aryl methyl sites for hydroxylation is 1. The molecule has 0 aliphatic rings. The van der Waals surface area contributed by atoms with Gasteiger partial charge in [-0.15, -0.1) is 0 Å². The average Bonchev–Trinajstić information content (AvgIpc) is 2.66. The van der Waals surface area contributed by atoms with Crippen LogP contribution in [0.1, 0.15) is 13.8 Å². The van der Waals surface area contributed by atoms with Crippen LogP contribution in [-0.4, -0.2) is 4.57 Å². The number of para-hydroxylation sites is 1. The Balaban J connectivity index is 0.000000771. The molecule has 0 N–H and O–H groups in total. The van der Waals surface area contributed by atoms with E-state index in [1.54, 1.807) is 6.08 Å². The predicted octanol–water partition coefficient (Wildman–Crippen LogP) is 3.14. The van der Waals surface area contributed by atoms with Crippen LogP contribution in [0.25, 0.3) is 23.6 Å². The molecule has 0 saturated carbocycles. The number of fused-ring (bicyclic) bond motifs is 1. The highest BCUT2D eigenvalue weighted by atomic mass is 14.9. The highest BCUT2D eigenvalue weighted by Gasteiger charge is 2.01. The summed E-state index contributed by atoms with van der Waals surface area (Å²) in [5, 5.41) is 3.34. The SMILES string of the molecule is C=CC(=C)/C=c1\c(=C)n(C)c2ccccc12.CC. The summed E-state index contributed by atoms with van der Waals surface area (Å²) < 4.78 is 2.09. The van der Waals surface area contributed by atoms with Crippen LogP contribution in [0.4, 0.5) is 0 Å². The lowest BCUT2D eigenvalue weighted by atomic mass is 10.2. The molecule has 0 amide bonds. The molecule has 0 aliphatic carbocycles. The van der Waals surface area contributed by atoms with Crippen LogP contribution in [-0.2, 0) is 7.05 Å². The lowest BCUT2D eigenvalue weighted by Crippen LogP contribution is -2.25. The first kappa shape index (κ1) is 14.0. The van der Waals surface area contributed by atoms with Crippen molar-refractivity contribution in [1.29, 1.82) is 0 Å². The van der Waals surface area contributed by atoms with Crippen molar-refractivity contribution in [2.75, 3.05) is 0 Å². The number of allylic oxidation sites excluding steroid dienone is 2. The molecule has 0 atom stereocenters. The van der Waals surface area contributed by atoms with E-state index in [4.69, 9.17) is 0 Å². The zero-order valence-electron chi connectivity index (χ0n) is 11.5. The maximum Gasteiger partial charge on any atom is 0.0488 e. The van der Waals surface area contributed by atoms with E-state index in [-0.39, 0.29) is 0 Å². The molecule has 1 nitrogen and oxygen atoms in total. The lowest BCUT2D eigenvalue weighted by Gasteiger charge is -1.93. The van der Waals surface area contributed by atoms with Gasteiger partial charge in [-0.1, -0.05) is 57.9 Å². The summed E-state index contributed by atoms with van der Waals surface area (Å²) >= 11 is 0. The van der Waals surface area contributed by atoms with Crippen LogP contribution in [0.15, 0.2) is 49.1 Å². The second-order valence-electron chi connectivity index (χ2n) is 3.86. The van der Waals surface area contributed by atoms with Crippen LogP contribution in [0.2, 0.25) is 0 Å². The lowest BCUT2D eigenvalue weighted by molar-refractivity contribution is 0.928. The number of rotatable bonds is 2. The molecule has 0 fully saturated rings. The molecule has 94 valence electrons. The third-order valence-electron chi connectivity index (χ3n) is 2.86. The Hall–Kier alpha value is -2.02. The van der Waals surface area contributed by atoms with Gasteiger partial charge in [0.05, 0.1) is 0 Å². The van der Waals surface area contributed by atoms with Gasteiger partial charge in [-0.3, -0.25) is 0 Å². The van der Waals surface area contributed by atoms with E-state index < -0.39 is 0 Å². The summed E-state index contributed by atoms with van der Waals surface area (Å²) in [6.07, 6.45) is 3.78. The number of nitrogens with zero attached hydrogens (tertiary/aromatic N) is 1. The molecule has 1 heteroatoms. The van der Waals surface area contributed by atoms with Gasteiger partial charge in [0.25, 0.3) is 0 Å². The summed E-state index contributed by atoms with van der Waals surface area (Å²) in [6.45, 7) is 15.7. The minimum atomic E-state index is 0.904. The summed E-state index contributed by atoms with van der Waals surface area (Å²) in [5.74, 6) is 0. The van der Waals surface area contributed by atoms with E-state index in [2.05, 4.69) is 36.4 Å². The van der Waals surface area contributed by atoms with Crippen LogP contribution >= 0.6 is 0 Å². The molecule has 0 saturated heterocycles. The molecule has 0 radical (unpaired) electrons. The molecule has 0 aliphatic heterocycles. The Labute approximate surface area is 109 Å². The normalized spacial score (nSPS) is 10.9. The molecule has 0 bridgehead atoms. The van der Waals surface area contributed by atoms with Gasteiger partial charge in [-0.05, 0) is 17.7 Å². The number of hydrogen-bond acceptors (Lipinski definition) is 0. The Kier molecular flexibility index (Phi) is 4.73. The smallest absolute Gasteiger partial charge is 0.0488 e. The minimum absolute atomic E-state index is 0.904. The fourth-order valence-corrected chi connectivity index (χ4v) is 1.88. The van der Waals surface area contributed by atoms with Gasteiger partial charge in [0.1, 0.15) is 0 Å². The van der Waals surface area contributed by atoms with Crippen molar-refractivity contribution in [3.8, 4) is 0 Å². The second kappa shape index (κ2) is 6.06. The van der Waals surface area contributed by atoms with Gasteiger partial charge in [0.2, 0.25) is 0 Å². The fourth-order valence-electron chi connectivity index (χ4n) is 1.88. The quantitative estimate of drug-likeness (QED) is 0.710. The minimum Gasteiger partial charge on any atom is -0.344 e. The van der Waals surface area contributed by atoms with Crippen molar-refractivity contribution < 1.29 is 0 Å². The largest absolute Gasteiger partial charge is 0.344 e. The van der Waals surface area contributed by atoms with E-state index in [1.807, 2.05) is 39.1 Å². The Morgan fingerprint density at radius 2 is 1.83 bits per heavy atom. The maximum atomic E-state index is 4.10. The molecule has 18 heavy (non-hydrogen) atoms. The molecule has 2 rings (SSSR count). The van der Waals surface area contributed by atoms with Crippen molar-refractivity contribution in [3.05, 3.63) is 59.6 Å².